The number of hydrogen-bond donors (Lipinski definition) is 1. The van der Waals surface area contributed by atoms with E-state index in [2.05, 4.69) is 10.5 Å². The molecule has 2 rings (SSSR count). The number of nitrogens with zero attached hydrogens (tertiary/aromatic N) is 2. The molecular weight excluding hydrogens is 298 g/mol. The van der Waals surface area contributed by atoms with Crippen molar-refractivity contribution in [3.8, 4) is 0 Å². The maximum atomic E-state index is 12.0. The molecule has 0 spiro atoms. The second kappa shape index (κ2) is 6.01. The lowest BCUT2D eigenvalue weighted by atomic mass is 10.1. The van der Waals surface area contributed by atoms with Crippen LogP contribution in [0.4, 0.5) is 10.7 Å². The van der Waals surface area contributed by atoms with Crippen LogP contribution in [0, 0.1) is 15.0 Å². The van der Waals surface area contributed by atoms with Gasteiger partial charge in [0.05, 0.1) is 21.1 Å². The number of anilines is 1. The maximum Gasteiger partial charge on any atom is 0.324 e. The molecule has 8 nitrogen and oxygen atoms in total. The molecule has 0 radical (unpaired) electrons. The normalized spacial score (nSPS) is 9.90. The summed E-state index contributed by atoms with van der Waals surface area (Å²) in [6, 6.07) is 8.37. The summed E-state index contributed by atoms with van der Waals surface area (Å²) in [4.78, 5) is 43.7. The molecule has 0 bridgehead atoms. The topological polar surface area (TPSA) is 119 Å². The summed E-state index contributed by atoms with van der Waals surface area (Å²) in [5.74, 6) is -1.62. The Morgan fingerprint density at radius 1 is 1.19 bits per heavy atom. The number of thiophene rings is 1. The van der Waals surface area contributed by atoms with Gasteiger partial charge >= 0.3 is 10.9 Å². The van der Waals surface area contributed by atoms with Crippen molar-refractivity contribution < 1.29 is 14.5 Å². The van der Waals surface area contributed by atoms with Crippen LogP contribution in [-0.4, -0.2) is 16.7 Å². The van der Waals surface area contributed by atoms with Crippen LogP contribution in [0.25, 0.3) is 0 Å². The van der Waals surface area contributed by atoms with Crippen molar-refractivity contribution in [2.24, 2.45) is 5.18 Å². The van der Waals surface area contributed by atoms with Gasteiger partial charge in [0.2, 0.25) is 0 Å². The Kier molecular flexibility index (Phi) is 4.14. The summed E-state index contributed by atoms with van der Waals surface area (Å²) < 4.78 is 0. The lowest BCUT2D eigenvalue weighted by Gasteiger charge is -2.06. The van der Waals surface area contributed by atoms with E-state index in [1.54, 1.807) is 6.07 Å². The Hall–Kier alpha value is -2.94. The number of nitrogens with one attached hydrogen (secondary N) is 1. The Labute approximate surface area is 121 Å². The van der Waals surface area contributed by atoms with Gasteiger partial charge in [0.1, 0.15) is 0 Å². The minimum Gasteiger partial charge on any atom is -0.321 e. The molecule has 0 aliphatic rings. The summed E-state index contributed by atoms with van der Waals surface area (Å²) in [6.07, 6.45) is 0. The van der Waals surface area contributed by atoms with Gasteiger partial charge in [-0.3, -0.25) is 19.7 Å². The fraction of sp³-hybridized carbons (Fsp3) is 0. The molecule has 0 aliphatic carbocycles. The van der Waals surface area contributed by atoms with E-state index in [4.69, 9.17) is 0 Å². The lowest BCUT2D eigenvalue weighted by Crippen LogP contribution is -2.13. The SMILES string of the molecule is O=NC(=O)c1ccccc1NC(=O)c1ccc([N+](=O)[O-])s1. The molecule has 2 aromatic rings. The van der Waals surface area contributed by atoms with E-state index in [-0.39, 0.29) is 21.1 Å². The number of benzene rings is 1. The molecule has 0 atom stereocenters. The van der Waals surface area contributed by atoms with Gasteiger partial charge in [-0.25, -0.2) is 0 Å². The van der Waals surface area contributed by atoms with Crippen molar-refractivity contribution in [1.29, 1.82) is 0 Å². The van der Waals surface area contributed by atoms with Crippen LogP contribution in [0.3, 0.4) is 0 Å². The molecule has 21 heavy (non-hydrogen) atoms. The maximum absolute atomic E-state index is 12.0. The first kappa shape index (κ1) is 14.5. The largest absolute Gasteiger partial charge is 0.324 e. The molecule has 0 unspecified atom stereocenters. The predicted octanol–water partition coefficient (Wildman–Crippen LogP) is 2.82. The van der Waals surface area contributed by atoms with E-state index in [1.165, 1.54) is 30.3 Å². The molecule has 1 N–H and O–H groups in total. The Morgan fingerprint density at radius 3 is 2.52 bits per heavy atom. The number of rotatable bonds is 4. The average Bonchev–Trinajstić information content (AvgIpc) is 2.97. The minimum absolute atomic E-state index is 0.0492. The van der Waals surface area contributed by atoms with Gasteiger partial charge in [-0.05, 0) is 18.2 Å². The van der Waals surface area contributed by atoms with Crippen molar-refractivity contribution >= 4 is 33.8 Å². The number of para-hydroxylation sites is 1. The van der Waals surface area contributed by atoms with Gasteiger partial charge < -0.3 is 5.32 Å². The van der Waals surface area contributed by atoms with Crippen LogP contribution in [0.1, 0.15) is 20.0 Å². The minimum atomic E-state index is -1.01. The molecule has 1 aromatic carbocycles. The molecule has 0 saturated carbocycles. The van der Waals surface area contributed by atoms with Crippen LogP contribution >= 0.6 is 11.3 Å². The Balaban J connectivity index is 2.25. The third kappa shape index (κ3) is 3.15. The zero-order valence-corrected chi connectivity index (χ0v) is 11.1. The van der Waals surface area contributed by atoms with E-state index in [0.29, 0.717) is 11.3 Å². The number of nitro groups is 1. The number of carbonyl (C=O) groups excluding carboxylic acids is 2. The van der Waals surface area contributed by atoms with Crippen molar-refractivity contribution in [1.82, 2.24) is 0 Å². The van der Waals surface area contributed by atoms with E-state index in [9.17, 15) is 24.6 Å². The quantitative estimate of drug-likeness (QED) is 0.529. The van der Waals surface area contributed by atoms with Gasteiger partial charge in [-0.1, -0.05) is 23.5 Å². The predicted molar refractivity (Wildman–Crippen MR) is 75.5 cm³/mol. The van der Waals surface area contributed by atoms with E-state index >= 15 is 0 Å². The first-order chi connectivity index (χ1) is 10.0. The summed E-state index contributed by atoms with van der Waals surface area (Å²) in [7, 11) is 0. The van der Waals surface area contributed by atoms with Gasteiger partial charge in [-0.15, -0.1) is 4.91 Å². The second-order valence-corrected chi connectivity index (χ2v) is 4.85. The summed E-state index contributed by atoms with van der Waals surface area (Å²) >= 11 is 0.707. The van der Waals surface area contributed by atoms with Crippen molar-refractivity contribution in [3.63, 3.8) is 0 Å². The molecule has 106 valence electrons. The van der Waals surface area contributed by atoms with Gasteiger partial charge in [0.25, 0.3) is 5.91 Å². The molecule has 2 amide bonds. The Morgan fingerprint density at radius 2 is 1.90 bits per heavy atom. The van der Waals surface area contributed by atoms with Crippen LogP contribution in [0.2, 0.25) is 0 Å². The van der Waals surface area contributed by atoms with Crippen molar-refractivity contribution in [2.75, 3.05) is 5.32 Å². The number of nitroso groups, excluding NO2 is 1. The first-order valence-corrected chi connectivity index (χ1v) is 6.37. The van der Waals surface area contributed by atoms with E-state index in [0.717, 1.165) is 0 Å². The average molecular weight is 305 g/mol. The van der Waals surface area contributed by atoms with Crippen LogP contribution in [-0.2, 0) is 0 Å². The molecule has 0 saturated heterocycles. The highest BCUT2D eigenvalue weighted by Crippen LogP contribution is 2.25. The smallest absolute Gasteiger partial charge is 0.321 e. The van der Waals surface area contributed by atoms with Crippen LogP contribution in [0.5, 0.6) is 0 Å². The van der Waals surface area contributed by atoms with Gasteiger partial charge in [-0.2, -0.15) is 0 Å². The fourth-order valence-corrected chi connectivity index (χ4v) is 2.28. The van der Waals surface area contributed by atoms with E-state index < -0.39 is 16.7 Å². The summed E-state index contributed by atoms with van der Waals surface area (Å²) in [6.45, 7) is 0. The van der Waals surface area contributed by atoms with Gasteiger partial charge in [0.15, 0.2) is 0 Å². The number of carbonyl (C=O) groups is 2. The standard InChI is InChI=1S/C12H7N3O5S/c16-11(14-18)7-3-1-2-4-8(7)13-12(17)9-5-6-10(21-9)15(19)20/h1-6H,(H,13,17). The van der Waals surface area contributed by atoms with Gasteiger partial charge in [0, 0.05) is 11.2 Å². The van der Waals surface area contributed by atoms with Crippen molar-refractivity contribution in [2.45, 2.75) is 0 Å². The molecule has 0 fully saturated rings. The lowest BCUT2D eigenvalue weighted by molar-refractivity contribution is -0.380. The van der Waals surface area contributed by atoms with Crippen molar-refractivity contribution in [3.05, 3.63) is 61.9 Å². The molecule has 1 heterocycles. The first-order valence-electron chi connectivity index (χ1n) is 5.55. The highest BCUT2D eigenvalue weighted by atomic mass is 32.1. The molecule has 0 aliphatic heterocycles. The zero-order chi connectivity index (χ0) is 15.4. The second-order valence-electron chi connectivity index (χ2n) is 3.79. The number of amides is 2. The third-order valence-corrected chi connectivity index (χ3v) is 3.52. The summed E-state index contributed by atoms with van der Waals surface area (Å²) in [5, 5.41) is 15.1. The molecular formula is C12H7N3O5S. The molecule has 9 heteroatoms. The van der Waals surface area contributed by atoms with Crippen LogP contribution in [0.15, 0.2) is 41.6 Å². The van der Waals surface area contributed by atoms with Crippen LogP contribution < -0.4 is 5.32 Å². The zero-order valence-electron chi connectivity index (χ0n) is 10.3. The fourth-order valence-electron chi connectivity index (χ4n) is 1.56. The highest BCUT2D eigenvalue weighted by molar-refractivity contribution is 7.17. The molecule has 1 aromatic heterocycles. The monoisotopic (exact) mass is 305 g/mol. The number of hydrogen-bond acceptors (Lipinski definition) is 6. The third-order valence-electron chi connectivity index (χ3n) is 2.48. The van der Waals surface area contributed by atoms with E-state index in [1.807, 2.05) is 0 Å². The summed E-state index contributed by atoms with van der Waals surface area (Å²) in [5.41, 5.74) is 0.0649. The Bertz CT molecular complexity index is 740. The highest BCUT2D eigenvalue weighted by Gasteiger charge is 2.18.